The van der Waals surface area contributed by atoms with Gasteiger partial charge in [0.2, 0.25) is 0 Å². The van der Waals surface area contributed by atoms with E-state index in [1.54, 1.807) is 0 Å². The maximum atomic E-state index is 11.2. The zero-order valence-electron chi connectivity index (χ0n) is 9.02. The Morgan fingerprint density at radius 1 is 1.38 bits per heavy atom. The molecule has 0 unspecified atom stereocenters. The van der Waals surface area contributed by atoms with Crippen LogP contribution in [0.5, 0.6) is 0 Å². The first kappa shape index (κ1) is 11.0. The molecule has 2 rings (SSSR count). The molecule has 4 nitrogen and oxygen atoms in total. The first-order valence-electron chi connectivity index (χ1n) is 4.80. The van der Waals surface area contributed by atoms with Crippen molar-refractivity contribution >= 4 is 20.3 Å². The molecular formula is C11H11N3OSe. The predicted molar refractivity (Wildman–Crippen MR) is 61.1 cm³/mol. The average molecular weight is 280 g/mol. The Morgan fingerprint density at radius 3 is 2.50 bits per heavy atom. The predicted octanol–water partition coefficient (Wildman–Crippen LogP) is 0.920. The summed E-state index contributed by atoms with van der Waals surface area (Å²) in [5.74, 6) is -0.0423. The van der Waals surface area contributed by atoms with Crippen molar-refractivity contribution in [3.8, 4) is 5.69 Å². The third-order valence-corrected chi connectivity index (χ3v) is 4.10. The van der Waals surface area contributed by atoms with Crippen molar-refractivity contribution in [3.05, 3.63) is 38.8 Å². The third-order valence-electron chi connectivity index (χ3n) is 2.16. The summed E-state index contributed by atoms with van der Waals surface area (Å²) >= 11 is -0.253. The number of aryl methyl sites for hydroxylation is 1. The maximum absolute atomic E-state index is 11.2. The molecule has 0 saturated carbocycles. The molecule has 0 bridgehead atoms. The van der Waals surface area contributed by atoms with E-state index in [2.05, 4.69) is 5.10 Å². The Kier molecular flexibility index (Phi) is 2.90. The molecule has 0 fully saturated rings. The van der Waals surface area contributed by atoms with Crippen LogP contribution in [-0.2, 0) is 0 Å². The van der Waals surface area contributed by atoms with Gasteiger partial charge < -0.3 is 0 Å². The third kappa shape index (κ3) is 2.05. The molecular weight excluding hydrogens is 269 g/mol. The summed E-state index contributed by atoms with van der Waals surface area (Å²) in [5, 5.41) is 12.0. The summed E-state index contributed by atoms with van der Waals surface area (Å²) in [6.45, 7) is 3.50. The number of nitrogens with zero attached hydrogens (tertiary/aromatic N) is 2. The summed E-state index contributed by atoms with van der Waals surface area (Å²) < 4.78 is 2.45. The molecule has 1 aromatic carbocycles. The summed E-state index contributed by atoms with van der Waals surface area (Å²) in [6.07, 6.45) is 0. The number of benzene rings is 1. The number of aromatic nitrogens is 2. The van der Waals surface area contributed by atoms with E-state index in [4.69, 9.17) is 5.41 Å². The molecule has 16 heavy (non-hydrogen) atoms. The van der Waals surface area contributed by atoms with Crippen LogP contribution in [0.15, 0.2) is 24.3 Å². The van der Waals surface area contributed by atoms with Crippen molar-refractivity contribution in [2.24, 2.45) is 0 Å². The summed E-state index contributed by atoms with van der Waals surface area (Å²) in [4.78, 5) is 11.2. The van der Waals surface area contributed by atoms with Crippen molar-refractivity contribution in [3.63, 3.8) is 0 Å². The fourth-order valence-electron chi connectivity index (χ4n) is 1.29. The number of carbonyl (C=O) groups excluding carboxylic acids is 1. The summed E-state index contributed by atoms with van der Waals surface area (Å²) in [5.41, 5.74) is 2.00. The second-order valence-corrected chi connectivity index (χ2v) is 5.57. The number of nitrogens with one attached hydrogen (secondary N) is 1. The van der Waals surface area contributed by atoms with E-state index >= 15 is 0 Å². The number of rotatable bonds is 2. The van der Waals surface area contributed by atoms with Gasteiger partial charge in [-0.05, 0) is 0 Å². The van der Waals surface area contributed by atoms with Crippen molar-refractivity contribution in [2.45, 2.75) is 13.8 Å². The van der Waals surface area contributed by atoms with Gasteiger partial charge >= 0.3 is 98.6 Å². The molecule has 0 aliphatic heterocycles. The van der Waals surface area contributed by atoms with Gasteiger partial charge in [0, 0.05) is 0 Å². The Hall–Kier alpha value is -1.45. The van der Waals surface area contributed by atoms with Crippen molar-refractivity contribution in [2.75, 3.05) is 0 Å². The molecule has 1 aromatic heterocycles. The molecule has 0 spiro atoms. The minimum atomic E-state index is -0.253. The number of hydrogen-bond donors (Lipinski definition) is 1. The summed E-state index contributed by atoms with van der Waals surface area (Å²) in [7, 11) is 0. The van der Waals surface area contributed by atoms with Gasteiger partial charge in [-0.2, -0.15) is 0 Å². The van der Waals surface area contributed by atoms with Crippen LogP contribution in [0.25, 0.3) is 5.69 Å². The Balaban J connectivity index is 2.52. The molecule has 0 radical (unpaired) electrons. The van der Waals surface area contributed by atoms with Crippen LogP contribution in [0.1, 0.15) is 21.8 Å². The van der Waals surface area contributed by atoms with Crippen LogP contribution in [0.2, 0.25) is 0 Å². The van der Waals surface area contributed by atoms with Crippen LogP contribution in [0.3, 0.4) is 0 Å². The van der Waals surface area contributed by atoms with E-state index in [-0.39, 0.29) is 20.3 Å². The van der Waals surface area contributed by atoms with Gasteiger partial charge in [0.1, 0.15) is 0 Å². The minimum absolute atomic E-state index is 0.0423. The molecule has 2 aromatic rings. The van der Waals surface area contributed by atoms with Gasteiger partial charge in [-0.3, -0.25) is 0 Å². The second-order valence-electron chi connectivity index (χ2n) is 3.52. The van der Waals surface area contributed by atoms with Gasteiger partial charge in [0.15, 0.2) is 0 Å². The molecule has 5 heteroatoms. The standard InChI is InChI=1S/C11H11N3OSe/c1-7-3-5-9(6-4-7)14-11(12)16-10(13-14)8(2)15/h3-6,12H,1-2H3. The van der Waals surface area contributed by atoms with Gasteiger partial charge in [-0.1, -0.05) is 0 Å². The van der Waals surface area contributed by atoms with Crippen molar-refractivity contribution < 1.29 is 4.79 Å². The molecule has 0 aliphatic rings. The second kappa shape index (κ2) is 4.20. The summed E-state index contributed by atoms with van der Waals surface area (Å²) in [6, 6.07) is 7.76. The molecule has 1 N–H and O–H groups in total. The number of Topliss-reactive ketones (excluding diaryl/α,β-unsaturated/α-hetero) is 1. The molecule has 1 heterocycles. The Labute approximate surface area is 98.8 Å². The monoisotopic (exact) mass is 281 g/mol. The van der Waals surface area contributed by atoms with Crippen LogP contribution in [-0.4, -0.2) is 30.1 Å². The van der Waals surface area contributed by atoms with E-state index in [0.29, 0.717) is 8.93 Å². The normalized spacial score (nSPS) is 10.4. The molecule has 0 atom stereocenters. The molecule has 0 aliphatic carbocycles. The fourth-order valence-corrected chi connectivity index (χ4v) is 2.73. The SMILES string of the molecule is CC(=O)c1nn(-c2ccc(C)cc2)c(=N)[se]1. The first-order chi connectivity index (χ1) is 7.58. The van der Waals surface area contributed by atoms with E-state index in [1.165, 1.54) is 11.6 Å². The number of ketones is 1. The topological polar surface area (TPSA) is 58.7 Å². The number of hydrogen-bond acceptors (Lipinski definition) is 3. The van der Waals surface area contributed by atoms with Gasteiger partial charge in [-0.25, -0.2) is 0 Å². The van der Waals surface area contributed by atoms with Gasteiger partial charge in [-0.15, -0.1) is 0 Å². The van der Waals surface area contributed by atoms with E-state index in [0.717, 1.165) is 11.3 Å². The Morgan fingerprint density at radius 2 is 2.00 bits per heavy atom. The zero-order valence-corrected chi connectivity index (χ0v) is 10.7. The molecule has 0 amide bonds. The van der Waals surface area contributed by atoms with Gasteiger partial charge in [0.25, 0.3) is 0 Å². The first-order valence-corrected chi connectivity index (χ1v) is 6.52. The van der Waals surface area contributed by atoms with Crippen molar-refractivity contribution in [1.82, 2.24) is 9.78 Å². The van der Waals surface area contributed by atoms with E-state index in [1.807, 2.05) is 31.2 Å². The van der Waals surface area contributed by atoms with E-state index in [9.17, 15) is 4.79 Å². The van der Waals surface area contributed by atoms with Crippen LogP contribution < -0.4 is 4.36 Å². The fraction of sp³-hybridized carbons (Fsp3) is 0.182. The van der Waals surface area contributed by atoms with Gasteiger partial charge in [0.05, 0.1) is 0 Å². The van der Waals surface area contributed by atoms with Crippen molar-refractivity contribution in [1.29, 1.82) is 5.41 Å². The molecule has 0 saturated heterocycles. The molecule has 82 valence electrons. The number of carbonyl (C=O) groups is 1. The van der Waals surface area contributed by atoms with Crippen LogP contribution >= 0.6 is 0 Å². The zero-order chi connectivity index (χ0) is 11.7. The van der Waals surface area contributed by atoms with Crippen LogP contribution in [0.4, 0.5) is 0 Å². The average Bonchev–Trinajstić information content (AvgIpc) is 2.62. The quantitative estimate of drug-likeness (QED) is 0.657. The van der Waals surface area contributed by atoms with Crippen LogP contribution in [0, 0.1) is 12.3 Å². The Bertz CT molecular complexity index is 580. The van der Waals surface area contributed by atoms with E-state index < -0.39 is 0 Å².